The number of hydrogen-bond donors (Lipinski definition) is 1. The van der Waals surface area contributed by atoms with Gasteiger partial charge in [0.2, 0.25) is 0 Å². The van der Waals surface area contributed by atoms with Crippen LogP contribution in [0.25, 0.3) is 0 Å². The van der Waals surface area contributed by atoms with Gasteiger partial charge in [-0.3, -0.25) is 9.15 Å². The molecule has 21 heavy (non-hydrogen) atoms. The van der Waals surface area contributed by atoms with E-state index < -0.39 is 13.7 Å². The van der Waals surface area contributed by atoms with Gasteiger partial charge in [-0.25, -0.2) is 0 Å². The van der Waals surface area contributed by atoms with Crippen molar-refractivity contribution in [2.24, 2.45) is 0 Å². The molecular formula is H19NO12Si8. The van der Waals surface area contributed by atoms with Gasteiger partial charge in [-0.2, -0.15) is 0 Å². The normalized spacial score (nSPS) is 18.3. The topological polar surface area (TPSA) is 123 Å². The maximum Gasteiger partial charge on any atom is 0.176 e. The van der Waals surface area contributed by atoms with Crippen molar-refractivity contribution in [3.63, 3.8) is 0 Å². The van der Waals surface area contributed by atoms with Crippen molar-refractivity contribution in [3.8, 4) is 0 Å². The highest BCUT2D eigenvalue weighted by Gasteiger charge is 2.17. The fourth-order valence-corrected chi connectivity index (χ4v) is 2.04. The number of hydrogen-bond acceptors (Lipinski definition) is 13. The molecule has 1 N–H and O–H groups in total. The predicted octanol–water partition coefficient (Wildman–Crippen LogP) is -9.18. The summed E-state index contributed by atoms with van der Waals surface area (Å²) >= 11 is 0. The van der Waals surface area contributed by atoms with Crippen molar-refractivity contribution in [3.05, 3.63) is 0 Å². The summed E-state index contributed by atoms with van der Waals surface area (Å²) in [5.74, 6) is 0. The fraction of sp³-hybridized carbons (Fsp3) is 0. The van der Waals surface area contributed by atoms with E-state index in [0.29, 0.717) is 0 Å². The third-order valence-electron chi connectivity index (χ3n) is 0.871. The Hall–Kier alpha value is 1.22. The maximum atomic E-state index is 4.95. The predicted molar refractivity (Wildman–Crippen MR) is 87.3 cm³/mol. The van der Waals surface area contributed by atoms with Crippen molar-refractivity contribution in [2.45, 2.75) is 0 Å². The maximum absolute atomic E-state index is 4.95. The van der Waals surface area contributed by atoms with Crippen LogP contribution < -0.4 is 5.64 Å². The standard InChI is InChI=1S/H19NO12Si8/c14-20(15,16)12-10-8-6-4-2-1-3-5-7-9-11-13-21(17,18)19/h1H,14-19H3. The molecule has 0 saturated heterocycles. The summed E-state index contributed by atoms with van der Waals surface area (Å²) in [6.07, 6.45) is 0. The second-order valence-electron chi connectivity index (χ2n) is 5.19. The van der Waals surface area contributed by atoms with Crippen LogP contribution in [0.2, 0.25) is 0 Å². The van der Waals surface area contributed by atoms with Crippen LogP contribution >= 0.6 is 0 Å². The Balaban J connectivity index is 3.10. The highest BCUT2D eigenvalue weighted by atomic mass is 29.9. The van der Waals surface area contributed by atoms with Crippen LogP contribution in [-0.2, 0) is 59.4 Å². The lowest BCUT2D eigenvalue weighted by Crippen LogP contribution is -2.41. The van der Waals surface area contributed by atoms with Gasteiger partial charge in [0.1, 0.15) is 0 Å². The van der Waals surface area contributed by atoms with Crippen LogP contribution in [0, 0.1) is 0 Å². The Bertz CT molecular complexity index is 214. The van der Waals surface area contributed by atoms with Crippen LogP contribution in [0.1, 0.15) is 0 Å². The summed E-state index contributed by atoms with van der Waals surface area (Å²) in [5, 5.41) is 32.2. The van der Waals surface area contributed by atoms with Gasteiger partial charge in [0.25, 0.3) is 0 Å². The molecule has 0 aliphatic rings. The smallest absolute Gasteiger partial charge is 0.176 e. The van der Waals surface area contributed by atoms with Crippen molar-refractivity contribution >= 4 is 72.3 Å². The fourth-order valence-electron chi connectivity index (χ4n) is 0.347. The average Bonchev–Trinajstić information content (AvgIpc) is 2.32. The van der Waals surface area contributed by atoms with Gasteiger partial charge in [0.15, 0.2) is 13.7 Å². The van der Waals surface area contributed by atoms with E-state index in [1.807, 2.05) is 0 Å². The molecule has 21 heteroatoms. The van der Waals surface area contributed by atoms with Crippen molar-refractivity contribution in [2.75, 3.05) is 0 Å². The molecule has 0 aliphatic carbocycles. The van der Waals surface area contributed by atoms with Crippen LogP contribution in [0.5, 0.6) is 0 Å². The van der Waals surface area contributed by atoms with Gasteiger partial charge in [-0.1, -0.05) is 9.98 Å². The van der Waals surface area contributed by atoms with Gasteiger partial charge in [0, 0.05) is 58.6 Å². The molecule has 0 amide bonds. The Morgan fingerprint density at radius 1 is 0.476 bits per heavy atom. The van der Waals surface area contributed by atoms with Gasteiger partial charge < -0.3 is 0 Å². The minimum atomic E-state index is -1.48. The third-order valence-corrected chi connectivity index (χ3v) is 5.01. The van der Waals surface area contributed by atoms with Crippen LogP contribution in [0.3, 0.4) is 0 Å². The number of nitrogens with one attached hydrogen (secondary N) is 1. The summed E-state index contributed by atoms with van der Waals surface area (Å²) in [6, 6.07) is 0. The van der Waals surface area contributed by atoms with Gasteiger partial charge in [0.05, 0.1) is 0 Å². The summed E-state index contributed by atoms with van der Waals surface area (Å²) in [7, 11) is 5.81. The Morgan fingerprint density at radius 3 is 1.14 bits per heavy atom. The first-order chi connectivity index (χ1) is 9.71. The third kappa shape index (κ3) is 21.2. The molecule has 0 aliphatic heterocycles. The first kappa shape index (κ1) is 22.2. The van der Waals surface area contributed by atoms with E-state index in [4.69, 9.17) is 9.15 Å². The van der Waals surface area contributed by atoms with E-state index in [1.165, 1.54) is 0 Å². The molecule has 0 aromatic carbocycles. The zero-order valence-corrected chi connectivity index (χ0v) is 26.4. The highest BCUT2D eigenvalue weighted by molar-refractivity contribution is 7.57. The molecule has 128 valence electrons. The van der Waals surface area contributed by atoms with Gasteiger partial charge in [-0.05, 0) is 45.9 Å². The average molecular weight is 450 g/mol. The van der Waals surface area contributed by atoms with Crippen molar-refractivity contribution < 1.29 is 59.4 Å². The monoisotopic (exact) mass is 449 g/mol. The second kappa shape index (κ2) is 12.6. The molecule has 0 heterocycles. The lowest BCUT2D eigenvalue weighted by atomic mass is 13.2. The first-order valence-corrected chi connectivity index (χ1v) is 30.3. The zero-order chi connectivity index (χ0) is 16.2. The van der Waals surface area contributed by atoms with E-state index >= 15 is 0 Å². The summed E-state index contributed by atoms with van der Waals surface area (Å²) < 4.78 is 9.90. The molecule has 0 rings (SSSR count). The van der Waals surface area contributed by atoms with Crippen molar-refractivity contribution in [1.82, 2.24) is 5.64 Å². The molecule has 0 unspecified atom stereocenters. The number of rotatable bonds is 14. The molecule has 13 nitrogen and oxygen atoms in total. The van der Waals surface area contributed by atoms with E-state index in [0.717, 1.165) is 58.6 Å². The Kier molecular flexibility index (Phi) is 13.3. The van der Waals surface area contributed by atoms with Gasteiger partial charge >= 0.3 is 0 Å². The summed E-state index contributed by atoms with van der Waals surface area (Å²) in [6.45, 7) is -2.95. The summed E-state index contributed by atoms with van der Waals surface area (Å²) in [5.41, 5.74) is 1.61. The zero-order valence-electron chi connectivity index (χ0n) is 12.4. The van der Waals surface area contributed by atoms with E-state index in [1.54, 1.807) is 5.64 Å². The Morgan fingerprint density at radius 2 is 0.810 bits per heavy atom. The van der Waals surface area contributed by atoms with Crippen molar-refractivity contribution in [1.29, 1.82) is 0 Å². The molecular weight excluding hydrogens is 431 g/mol. The van der Waals surface area contributed by atoms with E-state index in [2.05, 4.69) is 50.3 Å². The minimum Gasteiger partial charge on any atom is -0.268 e. The molecule has 0 radical (unpaired) electrons. The highest BCUT2D eigenvalue weighted by Crippen LogP contribution is 1.92. The quantitative estimate of drug-likeness (QED) is 0.117. The Labute approximate surface area is 137 Å². The first-order valence-electron chi connectivity index (χ1n) is 5.48. The lowest BCUT2D eigenvalue weighted by Gasteiger charge is -2.12. The lowest BCUT2D eigenvalue weighted by molar-refractivity contribution is -0.788. The molecule has 0 fully saturated rings. The van der Waals surface area contributed by atoms with Crippen LogP contribution in [-0.4, -0.2) is 72.3 Å². The van der Waals surface area contributed by atoms with E-state index in [-0.39, 0.29) is 0 Å². The van der Waals surface area contributed by atoms with Crippen LogP contribution in [0.15, 0.2) is 0 Å². The minimum absolute atomic E-state index is 0.968. The molecule has 0 spiro atoms. The van der Waals surface area contributed by atoms with Crippen LogP contribution in [0.4, 0.5) is 0 Å². The molecule has 0 aromatic rings. The molecule has 0 aromatic heterocycles. The molecule has 0 bridgehead atoms. The van der Waals surface area contributed by atoms with E-state index in [9.17, 15) is 0 Å². The SMILES string of the molecule is [SiH3][Si]([SiH3])([SiH3])OOOOOONOOOOOO[Si]([SiH3])([SiH3])[SiH3]. The second-order valence-corrected chi connectivity index (χ2v) is 93.3. The largest absolute Gasteiger partial charge is 0.268 e. The van der Waals surface area contributed by atoms with Gasteiger partial charge in [-0.15, -0.1) is 0 Å². The molecule has 0 atom stereocenters. The molecule has 0 saturated carbocycles. The summed E-state index contributed by atoms with van der Waals surface area (Å²) in [4.78, 5) is 8.00.